The number of hydrogen-bond donors (Lipinski definition) is 0. The first-order valence-corrected chi connectivity index (χ1v) is 8.71. The monoisotopic (exact) mass is 330 g/mol. The summed E-state index contributed by atoms with van der Waals surface area (Å²) >= 11 is 3.80. The van der Waals surface area contributed by atoms with Crippen LogP contribution in [-0.4, -0.2) is 16.9 Å². The predicted octanol–water partition coefficient (Wildman–Crippen LogP) is 4.57. The minimum Gasteiger partial charge on any atom is -0.349 e. The van der Waals surface area contributed by atoms with Crippen LogP contribution in [0.4, 0.5) is 0 Å². The second kappa shape index (κ2) is 4.99. The Morgan fingerprint density at radius 1 is 1.00 bits per heavy atom. The van der Waals surface area contributed by atoms with Crippen molar-refractivity contribution in [3.8, 4) is 0 Å². The summed E-state index contributed by atoms with van der Waals surface area (Å²) in [5, 5.41) is 0. The van der Waals surface area contributed by atoms with Gasteiger partial charge in [0.15, 0.2) is 6.29 Å². The van der Waals surface area contributed by atoms with Gasteiger partial charge in [0.25, 0.3) is 0 Å². The first-order chi connectivity index (χ1) is 8.90. The summed E-state index contributed by atoms with van der Waals surface area (Å²) in [7, 11) is 0. The molecule has 2 nitrogen and oxygen atoms in total. The van der Waals surface area contributed by atoms with E-state index in [-0.39, 0.29) is 10.8 Å². The predicted molar refractivity (Wildman–Crippen MR) is 80.0 cm³/mol. The molecule has 0 amide bonds. The molecule has 0 aromatic rings. The molecule has 2 saturated heterocycles. The Labute approximate surface area is 125 Å². The molecule has 1 saturated carbocycles. The lowest BCUT2D eigenvalue weighted by Gasteiger charge is -2.54. The van der Waals surface area contributed by atoms with Crippen molar-refractivity contribution in [3.63, 3.8) is 0 Å². The van der Waals surface area contributed by atoms with Crippen LogP contribution in [0.25, 0.3) is 0 Å². The number of rotatable bonds is 0. The van der Waals surface area contributed by atoms with Gasteiger partial charge in [-0.1, -0.05) is 36.2 Å². The maximum absolute atomic E-state index is 6.32. The summed E-state index contributed by atoms with van der Waals surface area (Å²) in [6, 6.07) is 0. The summed E-state index contributed by atoms with van der Waals surface area (Å²) in [6.45, 7) is 9.14. The van der Waals surface area contributed by atoms with E-state index in [2.05, 4.69) is 43.6 Å². The number of alkyl halides is 1. The Morgan fingerprint density at radius 3 is 2.42 bits per heavy atom. The van der Waals surface area contributed by atoms with Crippen molar-refractivity contribution in [1.82, 2.24) is 0 Å². The molecule has 0 radical (unpaired) electrons. The van der Waals surface area contributed by atoms with Crippen molar-refractivity contribution in [3.05, 3.63) is 0 Å². The standard InChI is InChI=1S/C16H27BrO2/c1-9-5-7-13-11(3)16(4,17)19-15-14(13)12(9)8-6-10(2)18-15/h9-15H,5-8H2,1-4H3/t9?,10-,11+,12+,13-,14?,15-,16-/m0/s1. The molecule has 0 aromatic heterocycles. The van der Waals surface area contributed by atoms with Crippen LogP contribution in [-0.2, 0) is 9.47 Å². The van der Waals surface area contributed by atoms with Gasteiger partial charge in [0, 0.05) is 5.92 Å². The average Bonchev–Trinajstić information content (AvgIpc) is 2.48. The maximum Gasteiger partial charge on any atom is 0.163 e. The van der Waals surface area contributed by atoms with Crippen LogP contribution in [0.5, 0.6) is 0 Å². The lowest BCUT2D eigenvalue weighted by atomic mass is 9.60. The Bertz CT molecular complexity index is 344. The summed E-state index contributed by atoms with van der Waals surface area (Å²) in [5.74, 6) is 3.53. The normalized spacial score (nSPS) is 58.3. The van der Waals surface area contributed by atoms with E-state index in [1.165, 1.54) is 25.7 Å². The molecule has 0 bridgehead atoms. The van der Waals surface area contributed by atoms with Crippen molar-refractivity contribution in [1.29, 1.82) is 0 Å². The van der Waals surface area contributed by atoms with Crippen molar-refractivity contribution >= 4 is 15.9 Å². The van der Waals surface area contributed by atoms with E-state index in [1.54, 1.807) is 0 Å². The van der Waals surface area contributed by atoms with E-state index in [9.17, 15) is 0 Å². The molecule has 0 spiro atoms. The van der Waals surface area contributed by atoms with E-state index in [4.69, 9.17) is 9.47 Å². The fourth-order valence-electron chi connectivity index (χ4n) is 4.66. The fraction of sp³-hybridized carbons (Fsp3) is 1.00. The summed E-state index contributed by atoms with van der Waals surface area (Å²) in [5.41, 5.74) is 0. The van der Waals surface area contributed by atoms with Crippen molar-refractivity contribution < 1.29 is 9.47 Å². The first-order valence-electron chi connectivity index (χ1n) is 7.92. The van der Waals surface area contributed by atoms with Gasteiger partial charge >= 0.3 is 0 Å². The van der Waals surface area contributed by atoms with Gasteiger partial charge in [-0.3, -0.25) is 0 Å². The third kappa shape index (κ3) is 2.40. The van der Waals surface area contributed by atoms with Crippen LogP contribution in [0.15, 0.2) is 0 Å². The molecule has 0 aromatic carbocycles. The molecule has 3 aliphatic rings. The molecule has 2 aliphatic heterocycles. The van der Waals surface area contributed by atoms with Crippen LogP contribution in [0, 0.1) is 29.6 Å². The number of ether oxygens (including phenoxy) is 2. The van der Waals surface area contributed by atoms with Crippen LogP contribution in [0.3, 0.4) is 0 Å². The Kier molecular flexibility index (Phi) is 3.77. The molecule has 0 N–H and O–H groups in total. The maximum atomic E-state index is 6.32. The summed E-state index contributed by atoms with van der Waals surface area (Å²) < 4.78 is 12.3. The zero-order chi connectivity index (χ0) is 13.8. The number of hydrogen-bond acceptors (Lipinski definition) is 2. The third-order valence-electron chi connectivity index (χ3n) is 6.06. The zero-order valence-corrected chi connectivity index (χ0v) is 14.2. The molecule has 3 rings (SSSR count). The van der Waals surface area contributed by atoms with Gasteiger partial charge in [-0.2, -0.15) is 0 Å². The smallest absolute Gasteiger partial charge is 0.163 e. The van der Waals surface area contributed by atoms with Gasteiger partial charge in [-0.15, -0.1) is 0 Å². The molecule has 1 aliphatic carbocycles. The molecule has 2 heterocycles. The first kappa shape index (κ1) is 14.3. The SMILES string of the molecule is CC1CC[C@@H]2C3[C@@H](O[C@@H](C)CC[C@H]13)O[C@](C)(Br)[C@@H]2C. The second-order valence-corrected chi connectivity index (χ2v) is 8.82. The molecule has 110 valence electrons. The van der Waals surface area contributed by atoms with Crippen LogP contribution >= 0.6 is 15.9 Å². The van der Waals surface area contributed by atoms with Crippen LogP contribution < -0.4 is 0 Å². The highest BCUT2D eigenvalue weighted by atomic mass is 79.9. The summed E-state index contributed by atoms with van der Waals surface area (Å²) in [6.07, 6.45) is 5.54. The Balaban J connectivity index is 1.94. The van der Waals surface area contributed by atoms with Gasteiger partial charge in [0.05, 0.1) is 6.10 Å². The van der Waals surface area contributed by atoms with Crippen molar-refractivity contribution in [2.75, 3.05) is 0 Å². The Hall–Kier alpha value is 0.400. The molecule has 2 unspecified atom stereocenters. The highest BCUT2D eigenvalue weighted by Crippen LogP contribution is 2.55. The lowest BCUT2D eigenvalue weighted by Crippen LogP contribution is -2.55. The number of halogens is 1. The van der Waals surface area contributed by atoms with Gasteiger partial charge in [-0.05, 0) is 56.8 Å². The van der Waals surface area contributed by atoms with Crippen molar-refractivity contribution in [2.45, 2.75) is 70.3 Å². The second-order valence-electron chi connectivity index (χ2n) is 7.24. The summed E-state index contributed by atoms with van der Waals surface area (Å²) in [4.78, 5) is 0. The zero-order valence-electron chi connectivity index (χ0n) is 12.6. The third-order valence-corrected chi connectivity index (χ3v) is 6.97. The van der Waals surface area contributed by atoms with Gasteiger partial charge < -0.3 is 9.47 Å². The van der Waals surface area contributed by atoms with E-state index in [0.717, 1.165) is 17.8 Å². The molecule has 3 fully saturated rings. The van der Waals surface area contributed by atoms with Crippen LogP contribution in [0.2, 0.25) is 0 Å². The van der Waals surface area contributed by atoms with E-state index in [0.29, 0.717) is 17.9 Å². The Morgan fingerprint density at radius 2 is 1.68 bits per heavy atom. The fourth-order valence-corrected chi connectivity index (χ4v) is 5.18. The lowest BCUT2D eigenvalue weighted by molar-refractivity contribution is -0.281. The van der Waals surface area contributed by atoms with E-state index in [1.807, 2.05) is 0 Å². The van der Waals surface area contributed by atoms with Gasteiger partial charge in [0.1, 0.15) is 4.51 Å². The van der Waals surface area contributed by atoms with Gasteiger partial charge in [0.2, 0.25) is 0 Å². The molecule has 3 heteroatoms. The highest BCUT2D eigenvalue weighted by Gasteiger charge is 2.55. The highest BCUT2D eigenvalue weighted by molar-refractivity contribution is 9.10. The average molecular weight is 331 g/mol. The quantitative estimate of drug-likeness (QED) is 0.606. The molecule has 19 heavy (non-hydrogen) atoms. The topological polar surface area (TPSA) is 18.5 Å². The molecule has 8 atom stereocenters. The molecular weight excluding hydrogens is 304 g/mol. The van der Waals surface area contributed by atoms with Gasteiger partial charge in [-0.25, -0.2) is 0 Å². The molecular formula is C16H27BrO2. The minimum absolute atomic E-state index is 0.00387. The minimum atomic E-state index is -0.228. The van der Waals surface area contributed by atoms with E-state index >= 15 is 0 Å². The largest absolute Gasteiger partial charge is 0.349 e. The van der Waals surface area contributed by atoms with Crippen LogP contribution in [0.1, 0.15) is 53.4 Å². The van der Waals surface area contributed by atoms with E-state index < -0.39 is 0 Å². The van der Waals surface area contributed by atoms with Crippen molar-refractivity contribution in [2.24, 2.45) is 29.6 Å².